The molecule has 0 amide bonds. The van der Waals surface area contributed by atoms with E-state index in [0.717, 1.165) is 12.8 Å². The molecule has 3 fully saturated rings. The summed E-state index contributed by atoms with van der Waals surface area (Å²) in [5, 5.41) is -0.557. The molecule has 1 aliphatic heterocycles. The number of ketones is 1. The van der Waals surface area contributed by atoms with Crippen LogP contribution < -0.4 is 4.72 Å². The first-order valence-corrected chi connectivity index (χ1v) is 8.38. The van der Waals surface area contributed by atoms with Crippen molar-refractivity contribution in [2.75, 3.05) is 6.54 Å². The van der Waals surface area contributed by atoms with E-state index in [4.69, 9.17) is 0 Å². The fourth-order valence-corrected chi connectivity index (χ4v) is 7.42. The number of fused-ring (bicyclic) bond motifs is 1. The molecular weight excluding hydrogens is 262 g/mol. The van der Waals surface area contributed by atoms with E-state index in [1.165, 1.54) is 0 Å². The van der Waals surface area contributed by atoms with Gasteiger partial charge in [-0.15, -0.1) is 0 Å². The Labute approximate surface area is 114 Å². The van der Waals surface area contributed by atoms with Crippen molar-refractivity contribution in [3.8, 4) is 0 Å². The van der Waals surface area contributed by atoms with Gasteiger partial charge in [0.15, 0.2) is 5.78 Å². The van der Waals surface area contributed by atoms with Gasteiger partial charge in [-0.05, 0) is 36.7 Å². The van der Waals surface area contributed by atoms with E-state index in [1.807, 2.05) is 0 Å². The van der Waals surface area contributed by atoms with Crippen molar-refractivity contribution in [2.24, 2.45) is 22.7 Å². The van der Waals surface area contributed by atoms with Crippen LogP contribution in [-0.2, 0) is 14.8 Å². The lowest BCUT2D eigenvalue weighted by Crippen LogP contribution is -2.42. The Morgan fingerprint density at radius 3 is 2.58 bits per heavy atom. The summed E-state index contributed by atoms with van der Waals surface area (Å²) in [6, 6.07) is 0. The normalized spacial score (nSPS) is 45.1. The summed E-state index contributed by atoms with van der Waals surface area (Å²) in [5.74, 6) is -0.295. The third-order valence-corrected chi connectivity index (χ3v) is 8.02. The van der Waals surface area contributed by atoms with Gasteiger partial charge in [0, 0.05) is 17.9 Å². The Morgan fingerprint density at radius 1 is 1.37 bits per heavy atom. The van der Waals surface area contributed by atoms with Crippen LogP contribution >= 0.6 is 0 Å². The summed E-state index contributed by atoms with van der Waals surface area (Å²) >= 11 is 0. The molecule has 3 unspecified atom stereocenters. The molecule has 0 aromatic heterocycles. The highest BCUT2D eigenvalue weighted by Crippen LogP contribution is 2.71. The van der Waals surface area contributed by atoms with Crippen LogP contribution in [0, 0.1) is 22.7 Å². The van der Waals surface area contributed by atoms with Crippen molar-refractivity contribution < 1.29 is 13.2 Å². The van der Waals surface area contributed by atoms with E-state index in [1.54, 1.807) is 6.92 Å². The first-order chi connectivity index (χ1) is 8.65. The summed E-state index contributed by atoms with van der Waals surface area (Å²) in [6.45, 7) is 10.2. The van der Waals surface area contributed by atoms with Gasteiger partial charge in [-0.2, -0.15) is 0 Å². The van der Waals surface area contributed by atoms with Gasteiger partial charge in [0.05, 0.1) is 5.25 Å². The van der Waals surface area contributed by atoms with Gasteiger partial charge in [0.2, 0.25) is 10.0 Å². The minimum absolute atomic E-state index is 0.0584. The Morgan fingerprint density at radius 2 is 2.00 bits per heavy atom. The lowest BCUT2D eigenvalue weighted by atomic mass is 9.69. The third kappa shape index (κ3) is 1.33. The number of hydrogen-bond donors (Lipinski definition) is 1. The number of carbonyl (C=O) groups is 1. The summed E-state index contributed by atoms with van der Waals surface area (Å²) in [5.41, 5.74) is 0.0987. The van der Waals surface area contributed by atoms with Gasteiger partial charge >= 0.3 is 0 Å². The van der Waals surface area contributed by atoms with E-state index in [-0.39, 0.29) is 22.5 Å². The van der Waals surface area contributed by atoms with E-state index < -0.39 is 21.2 Å². The maximum Gasteiger partial charge on any atom is 0.215 e. The minimum Gasteiger partial charge on any atom is -0.294 e. The molecule has 19 heavy (non-hydrogen) atoms. The van der Waals surface area contributed by atoms with Crippen LogP contribution in [0.25, 0.3) is 0 Å². The zero-order valence-corrected chi connectivity index (χ0v) is 12.5. The molecule has 2 saturated carbocycles. The monoisotopic (exact) mass is 283 g/mol. The highest BCUT2D eigenvalue weighted by molar-refractivity contribution is 7.90. The van der Waals surface area contributed by atoms with E-state index in [0.29, 0.717) is 12.1 Å². The molecule has 0 aromatic rings. The molecule has 4 atom stereocenters. The summed E-state index contributed by atoms with van der Waals surface area (Å²) in [4.78, 5) is 12.5. The van der Waals surface area contributed by atoms with Gasteiger partial charge in [-0.1, -0.05) is 20.4 Å². The fourth-order valence-electron chi connectivity index (χ4n) is 4.99. The first-order valence-electron chi connectivity index (χ1n) is 6.83. The van der Waals surface area contributed by atoms with Gasteiger partial charge in [0.25, 0.3) is 0 Å². The summed E-state index contributed by atoms with van der Waals surface area (Å²) in [6.07, 6.45) is 1.85. The zero-order chi connectivity index (χ0) is 14.2. The van der Waals surface area contributed by atoms with Crippen molar-refractivity contribution in [3.05, 3.63) is 12.2 Å². The Bertz CT molecular complexity index is 577. The number of nitrogens with one attached hydrogen (secondary N) is 1. The van der Waals surface area contributed by atoms with Gasteiger partial charge in [-0.25, -0.2) is 13.1 Å². The Hall–Kier alpha value is -0.680. The fraction of sp³-hybridized carbons (Fsp3) is 0.786. The van der Waals surface area contributed by atoms with Crippen LogP contribution in [0.5, 0.6) is 0 Å². The molecule has 4 nitrogen and oxygen atoms in total. The Kier molecular flexibility index (Phi) is 2.45. The number of Topliss-reactive ketones (excluding diaryl/α,β-unsaturated/α-hetero) is 1. The molecule has 106 valence electrons. The molecule has 3 aliphatic rings. The number of sulfonamides is 1. The van der Waals surface area contributed by atoms with Crippen LogP contribution in [0.3, 0.4) is 0 Å². The van der Waals surface area contributed by atoms with Crippen molar-refractivity contribution in [1.29, 1.82) is 0 Å². The molecular formula is C14H21NO3S. The maximum absolute atomic E-state index is 12.5. The van der Waals surface area contributed by atoms with Crippen LogP contribution in [0.1, 0.15) is 33.6 Å². The average molecular weight is 283 g/mol. The molecule has 2 bridgehead atoms. The number of hydrogen-bond acceptors (Lipinski definition) is 3. The highest BCUT2D eigenvalue weighted by atomic mass is 32.2. The molecule has 3 rings (SSSR count). The molecule has 5 heteroatoms. The third-order valence-electron chi connectivity index (χ3n) is 6.06. The minimum atomic E-state index is -3.37. The number of allylic oxidation sites excluding steroid dienone is 1. The second kappa shape index (κ2) is 3.50. The smallest absolute Gasteiger partial charge is 0.215 e. The molecule has 1 saturated heterocycles. The van der Waals surface area contributed by atoms with Crippen molar-refractivity contribution in [3.63, 3.8) is 0 Å². The second-order valence-corrected chi connectivity index (χ2v) is 8.87. The van der Waals surface area contributed by atoms with E-state index >= 15 is 0 Å². The van der Waals surface area contributed by atoms with Crippen molar-refractivity contribution >= 4 is 15.8 Å². The van der Waals surface area contributed by atoms with Crippen molar-refractivity contribution in [1.82, 2.24) is 4.72 Å². The zero-order valence-electron chi connectivity index (χ0n) is 11.7. The molecule has 1 N–H and O–H groups in total. The quantitative estimate of drug-likeness (QED) is 0.781. The predicted octanol–water partition coefficient (Wildman–Crippen LogP) is 1.49. The standard InChI is InChI=1S/C14H21NO3S/c1-8(2)11(16)10-9-5-6-14(13(9,3)4)7-15-19(17,18)12(10)14/h9-10,12,15H,1,5-7H2,2-4H3/t9?,10?,12-,14?/m0/s1. The summed E-state index contributed by atoms with van der Waals surface area (Å²) in [7, 11) is -3.37. The molecule has 1 spiro atoms. The predicted molar refractivity (Wildman–Crippen MR) is 73.0 cm³/mol. The van der Waals surface area contributed by atoms with Gasteiger partial charge in [-0.3, -0.25) is 4.79 Å². The van der Waals surface area contributed by atoms with Crippen LogP contribution in [0.4, 0.5) is 0 Å². The van der Waals surface area contributed by atoms with E-state index in [9.17, 15) is 13.2 Å². The largest absolute Gasteiger partial charge is 0.294 e. The lowest BCUT2D eigenvalue weighted by molar-refractivity contribution is -0.120. The summed E-state index contributed by atoms with van der Waals surface area (Å²) < 4.78 is 27.4. The number of carbonyl (C=O) groups excluding carboxylic acids is 1. The Balaban J connectivity index is 2.18. The van der Waals surface area contributed by atoms with Gasteiger partial charge in [0.1, 0.15) is 0 Å². The molecule has 2 aliphatic carbocycles. The lowest BCUT2D eigenvalue weighted by Gasteiger charge is -2.36. The maximum atomic E-state index is 12.5. The number of rotatable bonds is 2. The molecule has 1 heterocycles. The average Bonchev–Trinajstić information content (AvgIpc) is 2.81. The highest BCUT2D eigenvalue weighted by Gasteiger charge is 2.75. The topological polar surface area (TPSA) is 63.2 Å². The first kappa shape index (κ1) is 13.3. The van der Waals surface area contributed by atoms with Gasteiger partial charge < -0.3 is 0 Å². The van der Waals surface area contributed by atoms with Crippen LogP contribution in [-0.4, -0.2) is 26.0 Å². The molecule has 0 radical (unpaired) electrons. The van der Waals surface area contributed by atoms with Crippen molar-refractivity contribution in [2.45, 2.75) is 38.9 Å². The second-order valence-electron chi connectivity index (χ2n) is 6.98. The SMILES string of the molecule is C=C(C)C(=O)C1C2CCC3(CNS(=O)(=O)[C@@H]13)C2(C)C. The van der Waals surface area contributed by atoms with Crippen LogP contribution in [0.15, 0.2) is 12.2 Å². The van der Waals surface area contributed by atoms with E-state index in [2.05, 4.69) is 25.1 Å². The van der Waals surface area contributed by atoms with Crippen LogP contribution in [0.2, 0.25) is 0 Å². The molecule has 0 aromatic carbocycles.